The van der Waals surface area contributed by atoms with E-state index in [1.165, 1.54) is 32.4 Å². The normalized spacial score (nSPS) is 18.5. The molecule has 0 saturated carbocycles. The van der Waals surface area contributed by atoms with Crippen molar-refractivity contribution in [2.24, 2.45) is 0 Å². The van der Waals surface area contributed by atoms with E-state index in [2.05, 4.69) is 27.2 Å². The highest BCUT2D eigenvalue weighted by molar-refractivity contribution is 6.09. The highest BCUT2D eigenvalue weighted by atomic mass is 16.3. The zero-order chi connectivity index (χ0) is 28.9. The van der Waals surface area contributed by atoms with Crippen LogP contribution in [0.4, 0.5) is 0 Å². The second-order valence-electron chi connectivity index (χ2n) is 11.9. The molecule has 42 heavy (non-hydrogen) atoms. The number of carbonyl (C=O) groups excluding carboxylic acids is 1. The Morgan fingerprint density at radius 2 is 1.52 bits per heavy atom. The lowest BCUT2D eigenvalue weighted by Gasteiger charge is -2.40. The smallest absolute Gasteiger partial charge is 0.252 e. The van der Waals surface area contributed by atoms with Gasteiger partial charge in [0.25, 0.3) is 5.91 Å². The molecule has 2 N–H and O–H groups in total. The highest BCUT2D eigenvalue weighted by Gasteiger charge is 2.29. The molecule has 218 valence electrons. The molecule has 0 unspecified atom stereocenters. The molecule has 4 aromatic rings. The molecule has 2 saturated heterocycles. The molecule has 6 nitrogen and oxygen atoms in total. The third kappa shape index (κ3) is 6.26. The fraction of sp³-hybridized carbons (Fsp3) is 0.389. The van der Waals surface area contributed by atoms with E-state index in [1.807, 2.05) is 79.7 Å². The lowest BCUT2D eigenvalue weighted by atomic mass is 9.93. The standard InChI is InChI=1S/C36H42N4O2/c1-26(35(41)28-15-7-3-8-16-28)37-36(42)33-30-17-9-10-18-32(30)38-34(27-13-5-2-6-14-27)31(33)25-39-23-19-29(20-24-39)40-21-11-4-12-22-40/h2-3,5-10,13-18,26,29,35,41H,4,11-12,19-25H2,1H3,(H,37,42)/t26-,35-/m0/s1. The number of carbonyl (C=O) groups is 1. The van der Waals surface area contributed by atoms with Crippen molar-refractivity contribution in [3.8, 4) is 11.3 Å². The minimum absolute atomic E-state index is 0.175. The van der Waals surface area contributed by atoms with Crippen LogP contribution >= 0.6 is 0 Å². The first-order valence-corrected chi connectivity index (χ1v) is 15.6. The summed E-state index contributed by atoms with van der Waals surface area (Å²) < 4.78 is 0. The molecule has 3 heterocycles. The summed E-state index contributed by atoms with van der Waals surface area (Å²) in [6.07, 6.45) is 5.50. The zero-order valence-electron chi connectivity index (χ0n) is 24.6. The molecule has 0 bridgehead atoms. The first-order chi connectivity index (χ1) is 20.6. The number of hydrogen-bond acceptors (Lipinski definition) is 5. The lowest BCUT2D eigenvalue weighted by molar-refractivity contribution is 0.0840. The molecule has 2 atom stereocenters. The molecule has 0 spiro atoms. The fourth-order valence-electron chi connectivity index (χ4n) is 6.75. The maximum Gasteiger partial charge on any atom is 0.252 e. The third-order valence-corrected chi connectivity index (χ3v) is 9.09. The van der Waals surface area contributed by atoms with Crippen LogP contribution in [0.1, 0.15) is 66.6 Å². The van der Waals surface area contributed by atoms with Crippen molar-refractivity contribution in [2.75, 3.05) is 26.2 Å². The SMILES string of the molecule is C[C@H](NC(=O)c1c(CN2CCC(N3CCCCC3)CC2)c(-c2ccccc2)nc2ccccc12)[C@H](O)c1ccccc1. The van der Waals surface area contributed by atoms with E-state index in [-0.39, 0.29) is 5.91 Å². The molecule has 2 aliphatic rings. The van der Waals surface area contributed by atoms with E-state index in [1.54, 1.807) is 0 Å². The van der Waals surface area contributed by atoms with Crippen molar-refractivity contribution >= 4 is 16.8 Å². The van der Waals surface area contributed by atoms with Gasteiger partial charge in [0.1, 0.15) is 0 Å². The van der Waals surface area contributed by atoms with Gasteiger partial charge in [-0.25, -0.2) is 4.98 Å². The molecule has 6 heteroatoms. The van der Waals surface area contributed by atoms with Gasteiger partial charge in [-0.2, -0.15) is 0 Å². The van der Waals surface area contributed by atoms with Gasteiger partial charge in [-0.3, -0.25) is 9.69 Å². The predicted molar refractivity (Wildman–Crippen MR) is 169 cm³/mol. The second-order valence-corrected chi connectivity index (χ2v) is 11.9. The van der Waals surface area contributed by atoms with E-state index in [4.69, 9.17) is 4.98 Å². The quantitative estimate of drug-likeness (QED) is 0.268. The van der Waals surface area contributed by atoms with Crippen LogP contribution < -0.4 is 5.32 Å². The van der Waals surface area contributed by atoms with Crippen LogP contribution in [-0.4, -0.2) is 64.1 Å². The summed E-state index contributed by atoms with van der Waals surface area (Å²) in [4.78, 5) is 24.6. The van der Waals surface area contributed by atoms with Gasteiger partial charge in [-0.15, -0.1) is 0 Å². The first-order valence-electron chi connectivity index (χ1n) is 15.6. The molecule has 0 radical (unpaired) electrons. The third-order valence-electron chi connectivity index (χ3n) is 9.09. The van der Waals surface area contributed by atoms with E-state index >= 15 is 0 Å². The Kier molecular flexibility index (Phi) is 8.94. The Labute approximate surface area is 249 Å². The van der Waals surface area contributed by atoms with E-state index in [9.17, 15) is 9.90 Å². The molecule has 6 rings (SSSR count). The van der Waals surface area contributed by atoms with Crippen LogP contribution in [-0.2, 0) is 6.54 Å². The molecule has 0 aliphatic carbocycles. The number of aliphatic hydroxyl groups is 1. The molecule has 1 amide bonds. The number of aromatic nitrogens is 1. The number of amides is 1. The first kappa shape index (κ1) is 28.5. The van der Waals surface area contributed by atoms with Gasteiger partial charge in [0.05, 0.1) is 28.9 Å². The number of benzene rings is 3. The topological polar surface area (TPSA) is 68.7 Å². The minimum atomic E-state index is -0.811. The van der Waals surface area contributed by atoms with Gasteiger partial charge in [0, 0.05) is 29.1 Å². The van der Waals surface area contributed by atoms with E-state index < -0.39 is 12.1 Å². The lowest BCUT2D eigenvalue weighted by Crippen LogP contribution is -2.46. The largest absolute Gasteiger partial charge is 0.386 e. The van der Waals surface area contributed by atoms with Crippen molar-refractivity contribution in [3.05, 3.63) is 102 Å². The molecule has 2 aliphatic heterocycles. The second kappa shape index (κ2) is 13.2. The Bertz CT molecular complexity index is 1480. The number of likely N-dealkylation sites (tertiary alicyclic amines) is 2. The Morgan fingerprint density at radius 3 is 2.24 bits per heavy atom. The summed E-state index contributed by atoms with van der Waals surface area (Å²) in [5.74, 6) is -0.175. The summed E-state index contributed by atoms with van der Waals surface area (Å²) in [5.41, 5.74) is 5.05. The Hall–Kier alpha value is -3.58. The van der Waals surface area contributed by atoms with Crippen LogP contribution in [0, 0.1) is 0 Å². The van der Waals surface area contributed by atoms with Crippen LogP contribution in [0.5, 0.6) is 0 Å². The number of aliphatic hydroxyl groups excluding tert-OH is 1. The molecule has 1 aromatic heterocycles. The Balaban J connectivity index is 1.34. The summed E-state index contributed by atoms with van der Waals surface area (Å²) in [5, 5.41) is 15.0. The maximum absolute atomic E-state index is 14.2. The molecular formula is C36H42N4O2. The highest BCUT2D eigenvalue weighted by Crippen LogP contribution is 2.33. The average molecular weight is 563 g/mol. The fourth-order valence-corrected chi connectivity index (χ4v) is 6.75. The summed E-state index contributed by atoms with van der Waals surface area (Å²) in [6, 6.07) is 27.8. The summed E-state index contributed by atoms with van der Waals surface area (Å²) in [6.45, 7) is 7.00. The number of pyridine rings is 1. The zero-order valence-corrected chi connectivity index (χ0v) is 24.6. The number of nitrogens with one attached hydrogen (secondary N) is 1. The van der Waals surface area contributed by atoms with E-state index in [0.717, 1.165) is 59.2 Å². The van der Waals surface area contributed by atoms with Crippen molar-refractivity contribution < 1.29 is 9.90 Å². The van der Waals surface area contributed by atoms with Crippen molar-refractivity contribution in [1.82, 2.24) is 20.1 Å². The predicted octanol–water partition coefficient (Wildman–Crippen LogP) is 6.20. The number of para-hydroxylation sites is 1. The summed E-state index contributed by atoms with van der Waals surface area (Å²) in [7, 11) is 0. The van der Waals surface area contributed by atoms with Crippen LogP contribution in [0.2, 0.25) is 0 Å². The van der Waals surface area contributed by atoms with Crippen LogP contribution in [0.15, 0.2) is 84.9 Å². The van der Waals surface area contributed by atoms with Crippen LogP contribution in [0.25, 0.3) is 22.2 Å². The average Bonchev–Trinajstić information content (AvgIpc) is 3.05. The van der Waals surface area contributed by atoms with Gasteiger partial charge < -0.3 is 15.3 Å². The van der Waals surface area contributed by atoms with Gasteiger partial charge in [-0.1, -0.05) is 85.3 Å². The number of rotatable bonds is 8. The van der Waals surface area contributed by atoms with E-state index in [0.29, 0.717) is 18.2 Å². The van der Waals surface area contributed by atoms with Crippen molar-refractivity contribution in [3.63, 3.8) is 0 Å². The summed E-state index contributed by atoms with van der Waals surface area (Å²) >= 11 is 0. The number of piperidine rings is 2. The molecular weight excluding hydrogens is 520 g/mol. The maximum atomic E-state index is 14.2. The molecule has 3 aromatic carbocycles. The number of nitrogens with zero attached hydrogens (tertiary/aromatic N) is 3. The monoisotopic (exact) mass is 562 g/mol. The minimum Gasteiger partial charge on any atom is -0.386 e. The van der Waals surface area contributed by atoms with Crippen LogP contribution in [0.3, 0.4) is 0 Å². The Morgan fingerprint density at radius 1 is 0.881 bits per heavy atom. The van der Waals surface area contributed by atoms with Crippen molar-refractivity contribution in [1.29, 1.82) is 0 Å². The van der Waals surface area contributed by atoms with Crippen molar-refractivity contribution in [2.45, 2.75) is 63.8 Å². The van der Waals surface area contributed by atoms with Gasteiger partial charge in [0.15, 0.2) is 0 Å². The van der Waals surface area contributed by atoms with Gasteiger partial charge >= 0.3 is 0 Å². The van der Waals surface area contributed by atoms with Gasteiger partial charge in [-0.05, 0) is 70.4 Å². The molecule has 2 fully saturated rings. The van der Waals surface area contributed by atoms with Gasteiger partial charge in [0.2, 0.25) is 0 Å². The number of fused-ring (bicyclic) bond motifs is 1. The number of hydrogen-bond donors (Lipinski definition) is 2.